The molecule has 1 N–H and O–H groups in total. The van der Waals surface area contributed by atoms with Crippen molar-refractivity contribution in [3.8, 4) is 0 Å². The van der Waals surface area contributed by atoms with Gasteiger partial charge < -0.3 is 10.1 Å². The second-order valence-corrected chi connectivity index (χ2v) is 6.52. The van der Waals surface area contributed by atoms with Crippen molar-refractivity contribution >= 4 is 38.9 Å². The van der Waals surface area contributed by atoms with Gasteiger partial charge in [-0.05, 0) is 30.5 Å². The zero-order chi connectivity index (χ0) is 14.3. The summed E-state index contributed by atoms with van der Waals surface area (Å²) >= 11 is 4.80. The van der Waals surface area contributed by atoms with Gasteiger partial charge in [-0.15, -0.1) is 11.3 Å². The van der Waals surface area contributed by atoms with Gasteiger partial charge in [0.15, 0.2) is 0 Å². The van der Waals surface area contributed by atoms with E-state index in [9.17, 15) is 9.18 Å². The Hall–Kier alpha value is -1.24. The summed E-state index contributed by atoms with van der Waals surface area (Å²) in [5.74, 6) is -0.830. The lowest BCUT2D eigenvalue weighted by Crippen LogP contribution is -2.27. The number of hydrogen-bond acceptors (Lipinski definition) is 3. The van der Waals surface area contributed by atoms with Gasteiger partial charge in [-0.2, -0.15) is 0 Å². The molecule has 2 heterocycles. The van der Waals surface area contributed by atoms with E-state index in [4.69, 9.17) is 4.74 Å². The molecule has 104 valence electrons. The number of rotatable bonds is 1. The van der Waals surface area contributed by atoms with E-state index in [-0.39, 0.29) is 18.2 Å². The minimum atomic E-state index is -0.854. The number of halogens is 2. The molecule has 20 heavy (non-hydrogen) atoms. The maximum atomic E-state index is 14.2. The van der Waals surface area contributed by atoms with Crippen molar-refractivity contribution in [1.82, 2.24) is 0 Å². The molecule has 0 bridgehead atoms. The third-order valence-electron chi connectivity index (χ3n) is 3.32. The van der Waals surface area contributed by atoms with E-state index in [2.05, 4.69) is 21.2 Å². The Labute approximate surface area is 127 Å². The summed E-state index contributed by atoms with van der Waals surface area (Å²) < 4.78 is 20.6. The van der Waals surface area contributed by atoms with E-state index in [1.807, 2.05) is 24.4 Å². The second-order valence-electron chi connectivity index (χ2n) is 4.66. The molecule has 1 amide bonds. The van der Waals surface area contributed by atoms with Crippen molar-refractivity contribution in [1.29, 1.82) is 0 Å². The molecule has 0 saturated carbocycles. The van der Waals surface area contributed by atoms with Gasteiger partial charge in [0.2, 0.25) is 0 Å². The average Bonchev–Trinajstić information content (AvgIpc) is 2.89. The van der Waals surface area contributed by atoms with E-state index in [1.165, 1.54) is 17.4 Å². The number of fused-ring (bicyclic) bond motifs is 1. The SMILES string of the molecule is CC1(c2cccs2)OCC(=O)Nc2c(F)cc(Br)cc21. The van der Waals surface area contributed by atoms with E-state index < -0.39 is 11.4 Å². The molecule has 1 aliphatic rings. The highest BCUT2D eigenvalue weighted by molar-refractivity contribution is 9.10. The summed E-state index contributed by atoms with van der Waals surface area (Å²) in [5, 5.41) is 4.51. The van der Waals surface area contributed by atoms with Crippen LogP contribution in [0.1, 0.15) is 17.4 Å². The highest BCUT2D eigenvalue weighted by Crippen LogP contribution is 2.43. The minimum absolute atomic E-state index is 0.111. The van der Waals surface area contributed by atoms with Crippen LogP contribution in [0.25, 0.3) is 0 Å². The Balaban J connectivity index is 2.27. The molecule has 3 rings (SSSR count). The predicted molar refractivity (Wildman–Crippen MR) is 79.5 cm³/mol. The first kappa shape index (κ1) is 13.7. The molecule has 6 heteroatoms. The van der Waals surface area contributed by atoms with E-state index in [0.717, 1.165) is 4.88 Å². The Morgan fingerprint density at radius 2 is 2.30 bits per heavy atom. The molecule has 1 aromatic carbocycles. The van der Waals surface area contributed by atoms with Crippen LogP contribution >= 0.6 is 27.3 Å². The van der Waals surface area contributed by atoms with Crippen molar-refractivity contribution in [3.63, 3.8) is 0 Å². The first-order valence-corrected chi connectivity index (χ1v) is 7.65. The molecule has 3 nitrogen and oxygen atoms in total. The van der Waals surface area contributed by atoms with E-state index in [1.54, 1.807) is 6.07 Å². The van der Waals surface area contributed by atoms with Crippen molar-refractivity contribution in [2.75, 3.05) is 11.9 Å². The lowest BCUT2D eigenvalue weighted by atomic mass is 9.92. The first-order chi connectivity index (χ1) is 9.50. The normalized spacial score (nSPS) is 22.1. The summed E-state index contributed by atoms with van der Waals surface area (Å²) in [4.78, 5) is 12.7. The molecule has 1 atom stereocenters. The fraction of sp³-hybridized carbons (Fsp3) is 0.214. The third kappa shape index (κ3) is 2.17. The van der Waals surface area contributed by atoms with Crippen LogP contribution in [-0.2, 0) is 15.1 Å². The van der Waals surface area contributed by atoms with E-state index >= 15 is 0 Å². The van der Waals surface area contributed by atoms with Crippen molar-refractivity contribution in [2.45, 2.75) is 12.5 Å². The van der Waals surface area contributed by atoms with E-state index in [0.29, 0.717) is 10.0 Å². The molecular formula is C14H11BrFNO2S. The van der Waals surface area contributed by atoms with Gasteiger partial charge in [0, 0.05) is 14.9 Å². The zero-order valence-corrected chi connectivity index (χ0v) is 13.0. The lowest BCUT2D eigenvalue weighted by Gasteiger charge is -2.28. The van der Waals surface area contributed by atoms with Gasteiger partial charge in [0.1, 0.15) is 18.0 Å². The quantitative estimate of drug-likeness (QED) is 0.842. The number of carbonyl (C=O) groups excluding carboxylic acids is 1. The van der Waals surface area contributed by atoms with Gasteiger partial charge in [-0.1, -0.05) is 22.0 Å². The van der Waals surface area contributed by atoms with Crippen molar-refractivity contribution < 1.29 is 13.9 Å². The number of ether oxygens (including phenoxy) is 1. The Morgan fingerprint density at radius 3 is 3.00 bits per heavy atom. The van der Waals surface area contributed by atoms with Crippen LogP contribution in [0.3, 0.4) is 0 Å². The van der Waals surface area contributed by atoms with Gasteiger partial charge in [0.25, 0.3) is 5.91 Å². The van der Waals surface area contributed by atoms with Crippen LogP contribution in [0.15, 0.2) is 34.1 Å². The van der Waals surface area contributed by atoms with Crippen LogP contribution < -0.4 is 5.32 Å². The molecule has 0 spiro atoms. The van der Waals surface area contributed by atoms with Crippen molar-refractivity contribution in [2.24, 2.45) is 0 Å². The molecule has 0 aliphatic carbocycles. The largest absolute Gasteiger partial charge is 0.355 e. The fourth-order valence-corrected chi connectivity index (χ4v) is 3.58. The number of thiophene rings is 1. The molecule has 1 aromatic heterocycles. The summed E-state index contributed by atoms with van der Waals surface area (Å²) in [6.45, 7) is 1.74. The van der Waals surface area contributed by atoms with Crippen LogP contribution in [0.2, 0.25) is 0 Å². The van der Waals surface area contributed by atoms with Crippen LogP contribution in [0.4, 0.5) is 10.1 Å². The highest BCUT2D eigenvalue weighted by atomic mass is 79.9. The smallest absolute Gasteiger partial charge is 0.250 e. The molecule has 2 aromatic rings. The molecular weight excluding hydrogens is 345 g/mol. The molecule has 0 radical (unpaired) electrons. The number of amides is 1. The summed E-state index contributed by atoms with van der Waals surface area (Å²) in [6, 6.07) is 6.94. The summed E-state index contributed by atoms with van der Waals surface area (Å²) in [6.07, 6.45) is 0. The maximum absolute atomic E-state index is 14.2. The van der Waals surface area contributed by atoms with Crippen LogP contribution in [-0.4, -0.2) is 12.5 Å². The highest BCUT2D eigenvalue weighted by Gasteiger charge is 2.38. The number of hydrogen-bond donors (Lipinski definition) is 1. The van der Waals surface area contributed by atoms with Crippen LogP contribution in [0, 0.1) is 5.82 Å². The second kappa shape index (κ2) is 4.95. The molecule has 1 unspecified atom stereocenters. The molecule has 0 saturated heterocycles. The standard InChI is InChI=1S/C14H11BrFNO2S/c1-14(11-3-2-4-20-11)9-5-8(15)6-10(16)13(9)17-12(18)7-19-14/h2-6H,7H2,1H3,(H,17,18). The molecule has 0 fully saturated rings. The summed E-state index contributed by atoms with van der Waals surface area (Å²) in [7, 11) is 0. The van der Waals surface area contributed by atoms with Gasteiger partial charge in [-0.25, -0.2) is 4.39 Å². The van der Waals surface area contributed by atoms with Crippen LogP contribution in [0.5, 0.6) is 0 Å². The van der Waals surface area contributed by atoms with Gasteiger partial charge in [-0.3, -0.25) is 4.79 Å². The Bertz CT molecular complexity index is 674. The third-order valence-corrected chi connectivity index (χ3v) is 4.85. The monoisotopic (exact) mass is 355 g/mol. The van der Waals surface area contributed by atoms with Gasteiger partial charge >= 0.3 is 0 Å². The zero-order valence-electron chi connectivity index (χ0n) is 10.6. The van der Waals surface area contributed by atoms with Gasteiger partial charge in [0.05, 0.1) is 5.69 Å². The lowest BCUT2D eigenvalue weighted by molar-refractivity contribution is -0.124. The Morgan fingerprint density at radius 1 is 1.50 bits per heavy atom. The molecule has 1 aliphatic heterocycles. The fourth-order valence-electron chi connectivity index (χ4n) is 2.29. The summed E-state index contributed by atoms with van der Waals surface area (Å²) in [5.41, 5.74) is -0.0583. The number of carbonyl (C=O) groups is 1. The predicted octanol–water partition coefficient (Wildman–Crippen LogP) is 3.88. The number of benzene rings is 1. The average molecular weight is 356 g/mol. The number of anilines is 1. The Kier molecular flexibility index (Phi) is 3.40. The maximum Gasteiger partial charge on any atom is 0.250 e. The topological polar surface area (TPSA) is 38.3 Å². The minimum Gasteiger partial charge on any atom is -0.355 e. The first-order valence-electron chi connectivity index (χ1n) is 5.98. The van der Waals surface area contributed by atoms with Crippen molar-refractivity contribution in [3.05, 3.63) is 50.4 Å². The number of nitrogens with one attached hydrogen (secondary N) is 1.